The minimum atomic E-state index is -0.499. The summed E-state index contributed by atoms with van der Waals surface area (Å²) < 4.78 is 23.5. The lowest BCUT2D eigenvalue weighted by molar-refractivity contribution is 0.0266. The Morgan fingerprint density at radius 2 is 1.80 bits per heavy atom. The lowest BCUT2D eigenvalue weighted by Gasteiger charge is -2.40. The fraction of sp³-hybridized carbons (Fsp3) is 0.548. The van der Waals surface area contributed by atoms with Gasteiger partial charge in [-0.25, -0.2) is 9.18 Å². The number of benzene rings is 1. The molecular formula is C31H39FN6O2S. The van der Waals surface area contributed by atoms with Crippen molar-refractivity contribution in [3.05, 3.63) is 57.2 Å². The van der Waals surface area contributed by atoms with Gasteiger partial charge in [-0.05, 0) is 90.8 Å². The van der Waals surface area contributed by atoms with Crippen LogP contribution in [0.4, 0.5) is 14.9 Å². The van der Waals surface area contributed by atoms with E-state index in [1.165, 1.54) is 4.88 Å². The van der Waals surface area contributed by atoms with E-state index in [0.717, 1.165) is 77.9 Å². The molecule has 1 spiro atoms. The second-order valence-electron chi connectivity index (χ2n) is 12.9. The van der Waals surface area contributed by atoms with Gasteiger partial charge in [0.05, 0.1) is 11.4 Å². The van der Waals surface area contributed by atoms with Crippen molar-refractivity contribution in [3.8, 4) is 5.00 Å². The lowest BCUT2D eigenvalue weighted by atomic mass is 9.77. The number of thiophene rings is 1. The molecule has 0 unspecified atom stereocenters. The van der Waals surface area contributed by atoms with Gasteiger partial charge in [0.1, 0.15) is 28.3 Å². The maximum atomic E-state index is 15.8. The Morgan fingerprint density at radius 1 is 1.10 bits per heavy atom. The van der Waals surface area contributed by atoms with Gasteiger partial charge in [-0.2, -0.15) is 0 Å². The SMILES string of the molecule is Cc1sc2c(c1C)C(c1ccc(N3CCC4(CCN(C(=O)OC(C)(C)C)C4)CC3)c(F)c1)=N[C@@H](C)c1nnc(C)n1-2. The number of carbonyl (C=O) groups is 1. The molecule has 1 atom stereocenters. The molecule has 0 radical (unpaired) electrons. The van der Waals surface area contributed by atoms with Gasteiger partial charge in [0.2, 0.25) is 0 Å². The molecule has 0 saturated carbocycles. The number of piperidine rings is 1. The van der Waals surface area contributed by atoms with Crippen molar-refractivity contribution in [2.24, 2.45) is 10.4 Å². The number of aryl methyl sites for hydroxylation is 2. The van der Waals surface area contributed by atoms with E-state index in [1.807, 2.05) is 51.7 Å². The first-order valence-electron chi connectivity index (χ1n) is 14.5. The second-order valence-corrected chi connectivity index (χ2v) is 14.1. The molecule has 3 aromatic rings. The first kappa shape index (κ1) is 27.9. The molecule has 0 aliphatic carbocycles. The number of rotatable bonds is 2. The number of fused-ring (bicyclic) bond motifs is 3. The molecule has 6 rings (SSSR count). The van der Waals surface area contributed by atoms with Gasteiger partial charge in [0.25, 0.3) is 0 Å². The fourth-order valence-electron chi connectivity index (χ4n) is 6.44. The summed E-state index contributed by atoms with van der Waals surface area (Å²) in [5, 5.41) is 9.78. The summed E-state index contributed by atoms with van der Waals surface area (Å²) in [6, 6.07) is 5.34. The zero-order valence-corrected chi connectivity index (χ0v) is 25.9. The Labute approximate surface area is 245 Å². The predicted molar refractivity (Wildman–Crippen MR) is 160 cm³/mol. The molecule has 41 heavy (non-hydrogen) atoms. The highest BCUT2D eigenvalue weighted by atomic mass is 32.1. The molecule has 5 heterocycles. The van der Waals surface area contributed by atoms with Crippen LogP contribution in [0.1, 0.15) is 86.2 Å². The number of halogens is 1. The molecule has 0 N–H and O–H groups in total. The predicted octanol–water partition coefficient (Wildman–Crippen LogP) is 6.53. The number of amides is 1. The summed E-state index contributed by atoms with van der Waals surface area (Å²) in [7, 11) is 0. The minimum absolute atomic E-state index is 0.0807. The number of aromatic nitrogens is 3. The molecule has 8 nitrogen and oxygen atoms in total. The van der Waals surface area contributed by atoms with Crippen molar-refractivity contribution >= 4 is 28.8 Å². The Hall–Kier alpha value is -3.27. The third-order valence-corrected chi connectivity index (χ3v) is 10.0. The number of hydrogen-bond donors (Lipinski definition) is 0. The van der Waals surface area contributed by atoms with Crippen molar-refractivity contribution in [2.75, 3.05) is 31.1 Å². The molecule has 2 aromatic heterocycles. The van der Waals surface area contributed by atoms with E-state index in [2.05, 4.69) is 33.5 Å². The molecule has 1 amide bonds. The number of likely N-dealkylation sites (tertiary alicyclic amines) is 1. The lowest BCUT2D eigenvalue weighted by Crippen LogP contribution is -2.43. The van der Waals surface area contributed by atoms with E-state index < -0.39 is 5.60 Å². The van der Waals surface area contributed by atoms with Crippen LogP contribution in [0.25, 0.3) is 5.00 Å². The smallest absolute Gasteiger partial charge is 0.410 e. The molecule has 1 aromatic carbocycles. The van der Waals surface area contributed by atoms with Gasteiger partial charge < -0.3 is 14.5 Å². The molecule has 218 valence electrons. The van der Waals surface area contributed by atoms with Crippen LogP contribution in [0.3, 0.4) is 0 Å². The topological polar surface area (TPSA) is 75.8 Å². The number of carbonyl (C=O) groups excluding carboxylic acids is 1. The van der Waals surface area contributed by atoms with Crippen molar-refractivity contribution in [1.82, 2.24) is 19.7 Å². The number of hydrogen-bond acceptors (Lipinski definition) is 7. The third kappa shape index (κ3) is 4.94. The molecule has 0 bridgehead atoms. The standard InChI is InChI=1S/C31H39FN6O2S/c1-18-20(3)41-28-25(18)26(33-19(2)27-35-34-21(4)38(27)28)22-8-9-24(23(32)16-22)36-13-10-31(11-14-36)12-15-37(17-31)29(39)40-30(5,6)7/h8-9,16,19H,10-15,17H2,1-7H3/t19-/m0/s1. The molecular weight excluding hydrogens is 539 g/mol. The van der Waals surface area contributed by atoms with Gasteiger partial charge in [0.15, 0.2) is 5.82 Å². The molecule has 2 saturated heterocycles. The fourth-order valence-corrected chi connectivity index (χ4v) is 7.65. The average Bonchev–Trinajstić information content (AvgIpc) is 3.56. The van der Waals surface area contributed by atoms with Gasteiger partial charge in [-0.3, -0.25) is 9.56 Å². The number of nitrogens with zero attached hydrogens (tertiary/aromatic N) is 6. The number of aliphatic imine (C=N–C) groups is 1. The number of anilines is 1. The highest BCUT2D eigenvalue weighted by Gasteiger charge is 2.43. The van der Waals surface area contributed by atoms with E-state index in [0.29, 0.717) is 12.2 Å². The maximum Gasteiger partial charge on any atom is 0.410 e. The van der Waals surface area contributed by atoms with Crippen LogP contribution >= 0.6 is 11.3 Å². The molecule has 3 aliphatic rings. The van der Waals surface area contributed by atoms with Crippen LogP contribution in [0, 0.1) is 32.0 Å². The van der Waals surface area contributed by atoms with Crippen LogP contribution < -0.4 is 4.90 Å². The van der Waals surface area contributed by atoms with Crippen molar-refractivity contribution < 1.29 is 13.9 Å². The third-order valence-electron chi connectivity index (χ3n) is 8.83. The van der Waals surface area contributed by atoms with E-state index in [-0.39, 0.29) is 23.4 Å². The number of ether oxygens (including phenoxy) is 1. The van der Waals surface area contributed by atoms with Crippen LogP contribution in [0.15, 0.2) is 23.2 Å². The van der Waals surface area contributed by atoms with Crippen LogP contribution in [-0.2, 0) is 4.74 Å². The first-order chi connectivity index (χ1) is 19.4. The van der Waals surface area contributed by atoms with E-state index in [1.54, 1.807) is 17.4 Å². The maximum absolute atomic E-state index is 15.8. The highest BCUT2D eigenvalue weighted by Crippen LogP contribution is 2.43. The molecule has 2 fully saturated rings. The Kier molecular flexibility index (Phi) is 6.75. The Bertz CT molecular complexity index is 1540. The van der Waals surface area contributed by atoms with Crippen LogP contribution in [0.5, 0.6) is 0 Å². The summed E-state index contributed by atoms with van der Waals surface area (Å²) in [5.74, 6) is 1.39. The zero-order chi connectivity index (χ0) is 29.3. The van der Waals surface area contributed by atoms with Crippen molar-refractivity contribution in [2.45, 2.75) is 79.4 Å². The first-order valence-corrected chi connectivity index (χ1v) is 15.3. The summed E-state index contributed by atoms with van der Waals surface area (Å²) in [4.78, 5) is 22.9. The Morgan fingerprint density at radius 3 is 2.49 bits per heavy atom. The summed E-state index contributed by atoms with van der Waals surface area (Å²) in [6.45, 7) is 16.8. The highest BCUT2D eigenvalue weighted by molar-refractivity contribution is 7.15. The minimum Gasteiger partial charge on any atom is -0.444 e. The van der Waals surface area contributed by atoms with Gasteiger partial charge in [-0.1, -0.05) is 6.07 Å². The zero-order valence-electron chi connectivity index (χ0n) is 25.0. The molecule has 3 aliphatic heterocycles. The summed E-state index contributed by atoms with van der Waals surface area (Å²) >= 11 is 1.70. The van der Waals surface area contributed by atoms with Crippen molar-refractivity contribution in [1.29, 1.82) is 0 Å². The van der Waals surface area contributed by atoms with E-state index in [4.69, 9.17) is 9.73 Å². The summed E-state index contributed by atoms with van der Waals surface area (Å²) in [5.41, 5.74) is 3.96. The van der Waals surface area contributed by atoms with Crippen LogP contribution in [-0.4, -0.2) is 63.2 Å². The van der Waals surface area contributed by atoms with E-state index in [9.17, 15) is 4.79 Å². The van der Waals surface area contributed by atoms with Gasteiger partial charge in [-0.15, -0.1) is 21.5 Å². The second kappa shape index (κ2) is 9.93. The normalized spacial score (nSPS) is 20.1. The van der Waals surface area contributed by atoms with Crippen molar-refractivity contribution in [3.63, 3.8) is 0 Å². The Balaban J connectivity index is 1.22. The monoisotopic (exact) mass is 578 g/mol. The molecule has 10 heteroatoms. The summed E-state index contributed by atoms with van der Waals surface area (Å²) in [6.07, 6.45) is 2.58. The van der Waals surface area contributed by atoms with Gasteiger partial charge >= 0.3 is 6.09 Å². The van der Waals surface area contributed by atoms with E-state index >= 15 is 4.39 Å². The van der Waals surface area contributed by atoms with Gasteiger partial charge in [0, 0.05) is 42.2 Å². The average molecular weight is 579 g/mol. The largest absolute Gasteiger partial charge is 0.444 e. The van der Waals surface area contributed by atoms with Crippen LogP contribution in [0.2, 0.25) is 0 Å². The quantitative estimate of drug-likeness (QED) is 0.346.